The van der Waals surface area contributed by atoms with Gasteiger partial charge in [-0.05, 0) is 41.1 Å². The minimum absolute atomic E-state index is 0.223. The lowest BCUT2D eigenvalue weighted by Crippen LogP contribution is -2.17. The minimum Gasteiger partial charge on any atom is -0.396 e. The SMILES string of the molecule is CC(CO)CC(CN)c1cccc2ccccc12. The molecule has 0 saturated carbocycles. The number of benzene rings is 2. The number of rotatable bonds is 5. The number of hydrogen-bond acceptors (Lipinski definition) is 2. The topological polar surface area (TPSA) is 46.2 Å². The van der Waals surface area contributed by atoms with Gasteiger partial charge in [0.15, 0.2) is 0 Å². The lowest BCUT2D eigenvalue weighted by atomic mass is 9.87. The third-order valence-corrected chi connectivity index (χ3v) is 3.55. The van der Waals surface area contributed by atoms with Crippen LogP contribution in [-0.2, 0) is 0 Å². The first-order valence-electron chi connectivity index (χ1n) is 6.54. The van der Waals surface area contributed by atoms with Crippen LogP contribution in [0.25, 0.3) is 10.8 Å². The van der Waals surface area contributed by atoms with Gasteiger partial charge in [0.1, 0.15) is 0 Å². The molecule has 2 heteroatoms. The Morgan fingerprint density at radius 3 is 2.56 bits per heavy atom. The summed E-state index contributed by atoms with van der Waals surface area (Å²) in [5.41, 5.74) is 7.22. The predicted octanol–water partition coefficient (Wildman–Crippen LogP) is 2.90. The minimum atomic E-state index is 0.223. The largest absolute Gasteiger partial charge is 0.396 e. The molecule has 0 saturated heterocycles. The number of aliphatic hydroxyl groups excluding tert-OH is 1. The second kappa shape index (κ2) is 5.98. The quantitative estimate of drug-likeness (QED) is 0.848. The molecule has 0 fully saturated rings. The first kappa shape index (κ1) is 13.1. The van der Waals surface area contributed by atoms with E-state index in [2.05, 4.69) is 49.4 Å². The summed E-state index contributed by atoms with van der Waals surface area (Å²) in [5.74, 6) is 0.607. The van der Waals surface area contributed by atoms with Gasteiger partial charge in [0.2, 0.25) is 0 Å². The highest BCUT2D eigenvalue weighted by atomic mass is 16.3. The summed E-state index contributed by atoms with van der Waals surface area (Å²) in [4.78, 5) is 0. The van der Waals surface area contributed by atoms with Crippen molar-refractivity contribution < 1.29 is 5.11 Å². The number of fused-ring (bicyclic) bond motifs is 1. The maximum Gasteiger partial charge on any atom is 0.0456 e. The van der Waals surface area contributed by atoms with Crippen molar-refractivity contribution in [3.8, 4) is 0 Å². The highest BCUT2D eigenvalue weighted by Crippen LogP contribution is 2.29. The maximum atomic E-state index is 9.20. The number of hydrogen-bond donors (Lipinski definition) is 2. The summed E-state index contributed by atoms with van der Waals surface area (Å²) in [6, 6.07) is 14.8. The predicted molar refractivity (Wildman–Crippen MR) is 76.6 cm³/mol. The third-order valence-electron chi connectivity index (χ3n) is 3.55. The van der Waals surface area contributed by atoms with Crippen LogP contribution in [0.15, 0.2) is 42.5 Å². The van der Waals surface area contributed by atoms with Crippen LogP contribution in [0.3, 0.4) is 0 Å². The van der Waals surface area contributed by atoms with E-state index in [4.69, 9.17) is 5.73 Å². The molecule has 2 unspecified atom stereocenters. The molecule has 0 heterocycles. The fraction of sp³-hybridized carbons (Fsp3) is 0.375. The van der Waals surface area contributed by atoms with Gasteiger partial charge in [0.05, 0.1) is 0 Å². The van der Waals surface area contributed by atoms with Crippen molar-refractivity contribution >= 4 is 10.8 Å². The Balaban J connectivity index is 2.38. The molecule has 2 rings (SSSR count). The van der Waals surface area contributed by atoms with Gasteiger partial charge in [0, 0.05) is 6.61 Å². The van der Waals surface area contributed by atoms with Crippen molar-refractivity contribution in [3.63, 3.8) is 0 Å². The fourth-order valence-corrected chi connectivity index (χ4v) is 2.52. The third kappa shape index (κ3) is 2.71. The molecular weight excluding hydrogens is 222 g/mol. The molecule has 0 radical (unpaired) electrons. The Labute approximate surface area is 108 Å². The number of aliphatic hydroxyl groups is 1. The molecule has 2 nitrogen and oxygen atoms in total. The van der Waals surface area contributed by atoms with Gasteiger partial charge < -0.3 is 10.8 Å². The van der Waals surface area contributed by atoms with Crippen LogP contribution >= 0.6 is 0 Å². The maximum absolute atomic E-state index is 9.20. The molecule has 2 atom stereocenters. The summed E-state index contributed by atoms with van der Waals surface area (Å²) in [6.07, 6.45) is 0.932. The Kier molecular flexibility index (Phi) is 4.34. The molecule has 0 bridgehead atoms. The summed E-state index contributed by atoms with van der Waals surface area (Å²) < 4.78 is 0. The van der Waals surface area contributed by atoms with Crippen LogP contribution in [-0.4, -0.2) is 18.3 Å². The van der Waals surface area contributed by atoms with Crippen LogP contribution < -0.4 is 5.73 Å². The molecule has 0 aromatic heterocycles. The van der Waals surface area contributed by atoms with E-state index in [0.29, 0.717) is 12.5 Å². The molecule has 96 valence electrons. The summed E-state index contributed by atoms with van der Waals surface area (Å²) >= 11 is 0. The van der Waals surface area contributed by atoms with Gasteiger partial charge in [-0.25, -0.2) is 0 Å². The zero-order valence-corrected chi connectivity index (χ0v) is 10.8. The van der Waals surface area contributed by atoms with Gasteiger partial charge in [-0.15, -0.1) is 0 Å². The van der Waals surface area contributed by atoms with Crippen molar-refractivity contribution in [2.75, 3.05) is 13.2 Å². The highest BCUT2D eigenvalue weighted by Gasteiger charge is 2.15. The molecule has 2 aromatic rings. The van der Waals surface area contributed by atoms with Crippen molar-refractivity contribution in [1.29, 1.82) is 0 Å². The van der Waals surface area contributed by atoms with Crippen LogP contribution in [0.5, 0.6) is 0 Å². The van der Waals surface area contributed by atoms with Gasteiger partial charge in [0.25, 0.3) is 0 Å². The Bertz CT molecular complexity index is 504. The smallest absolute Gasteiger partial charge is 0.0456 e. The van der Waals surface area contributed by atoms with E-state index < -0.39 is 0 Å². The average molecular weight is 243 g/mol. The summed E-state index contributed by atoms with van der Waals surface area (Å²) in [6.45, 7) is 2.91. The summed E-state index contributed by atoms with van der Waals surface area (Å²) in [7, 11) is 0. The zero-order chi connectivity index (χ0) is 13.0. The first-order valence-corrected chi connectivity index (χ1v) is 6.54. The number of nitrogens with two attached hydrogens (primary N) is 1. The van der Waals surface area contributed by atoms with E-state index >= 15 is 0 Å². The first-order chi connectivity index (χ1) is 8.76. The van der Waals surface area contributed by atoms with Crippen LogP contribution in [0.2, 0.25) is 0 Å². The van der Waals surface area contributed by atoms with E-state index in [1.54, 1.807) is 0 Å². The molecule has 18 heavy (non-hydrogen) atoms. The molecule has 2 aromatic carbocycles. The molecule has 0 amide bonds. The monoisotopic (exact) mass is 243 g/mol. The lowest BCUT2D eigenvalue weighted by molar-refractivity contribution is 0.224. The second-order valence-corrected chi connectivity index (χ2v) is 5.02. The highest BCUT2D eigenvalue weighted by molar-refractivity contribution is 5.86. The molecular formula is C16H21NO. The normalized spacial score (nSPS) is 14.6. The standard InChI is InChI=1S/C16H21NO/c1-12(11-18)9-14(10-17)16-8-4-6-13-5-2-3-7-15(13)16/h2-8,12,14,18H,9-11,17H2,1H3. The molecule has 3 N–H and O–H groups in total. The lowest BCUT2D eigenvalue weighted by Gasteiger charge is -2.20. The van der Waals surface area contributed by atoms with E-state index in [1.807, 2.05) is 0 Å². The van der Waals surface area contributed by atoms with Crippen LogP contribution in [0.4, 0.5) is 0 Å². The average Bonchev–Trinajstić information content (AvgIpc) is 2.44. The van der Waals surface area contributed by atoms with Gasteiger partial charge in [-0.3, -0.25) is 0 Å². The van der Waals surface area contributed by atoms with Crippen molar-refractivity contribution in [1.82, 2.24) is 0 Å². The molecule has 0 aliphatic rings. The van der Waals surface area contributed by atoms with Gasteiger partial charge >= 0.3 is 0 Å². The van der Waals surface area contributed by atoms with Gasteiger partial charge in [-0.1, -0.05) is 49.4 Å². The Morgan fingerprint density at radius 1 is 1.11 bits per heavy atom. The van der Waals surface area contributed by atoms with E-state index in [0.717, 1.165) is 6.42 Å². The van der Waals surface area contributed by atoms with Crippen LogP contribution in [0.1, 0.15) is 24.8 Å². The molecule has 0 spiro atoms. The van der Waals surface area contributed by atoms with Crippen molar-refractivity contribution in [2.45, 2.75) is 19.3 Å². The van der Waals surface area contributed by atoms with Crippen LogP contribution in [0, 0.1) is 5.92 Å². The second-order valence-electron chi connectivity index (χ2n) is 5.02. The summed E-state index contributed by atoms with van der Waals surface area (Å²) in [5, 5.41) is 11.7. The zero-order valence-electron chi connectivity index (χ0n) is 10.8. The Hall–Kier alpha value is -1.38. The van der Waals surface area contributed by atoms with Gasteiger partial charge in [-0.2, -0.15) is 0 Å². The van der Waals surface area contributed by atoms with Crippen molar-refractivity contribution in [2.24, 2.45) is 11.7 Å². The Morgan fingerprint density at radius 2 is 1.83 bits per heavy atom. The van der Waals surface area contributed by atoms with E-state index in [1.165, 1.54) is 16.3 Å². The molecule has 0 aliphatic heterocycles. The fourth-order valence-electron chi connectivity index (χ4n) is 2.52. The van der Waals surface area contributed by atoms with Crippen molar-refractivity contribution in [3.05, 3.63) is 48.0 Å². The van der Waals surface area contributed by atoms with E-state index in [-0.39, 0.29) is 12.5 Å². The molecule has 0 aliphatic carbocycles. The van der Waals surface area contributed by atoms with E-state index in [9.17, 15) is 5.11 Å².